The molecule has 4 heteroatoms. The summed E-state index contributed by atoms with van der Waals surface area (Å²) in [6.45, 7) is 2.54. The summed E-state index contributed by atoms with van der Waals surface area (Å²) in [6.07, 6.45) is 2.04. The van der Waals surface area contributed by atoms with Crippen LogP contribution in [0.4, 0.5) is 0 Å². The molecular weight excluding hydrogens is 228 g/mol. The Hall–Kier alpha value is -1.55. The Bertz CT molecular complexity index is 414. The lowest BCUT2D eigenvalue weighted by molar-refractivity contribution is -0.133. The van der Waals surface area contributed by atoms with Crippen LogP contribution >= 0.6 is 0 Å². The van der Waals surface area contributed by atoms with E-state index in [9.17, 15) is 4.79 Å². The van der Waals surface area contributed by atoms with Crippen LogP contribution in [0.5, 0.6) is 5.75 Å². The molecular formula is C14H20N2O2. The summed E-state index contributed by atoms with van der Waals surface area (Å²) in [4.78, 5) is 13.9. The number of hydrogen-bond acceptors (Lipinski definition) is 3. The Balaban J connectivity index is 2.17. The molecule has 2 atom stereocenters. The zero-order valence-corrected chi connectivity index (χ0v) is 10.9. The number of amides is 1. The van der Waals surface area contributed by atoms with E-state index in [1.54, 1.807) is 14.0 Å². The van der Waals surface area contributed by atoms with E-state index in [2.05, 4.69) is 0 Å². The van der Waals surface area contributed by atoms with Crippen molar-refractivity contribution >= 4 is 5.91 Å². The average molecular weight is 248 g/mol. The van der Waals surface area contributed by atoms with Crippen LogP contribution < -0.4 is 10.5 Å². The number of nitrogens with two attached hydrogens (primary N) is 1. The van der Waals surface area contributed by atoms with Gasteiger partial charge in [-0.3, -0.25) is 4.79 Å². The summed E-state index contributed by atoms with van der Waals surface area (Å²) in [5.74, 6) is 0.870. The van der Waals surface area contributed by atoms with Crippen LogP contribution in [0, 0.1) is 0 Å². The van der Waals surface area contributed by atoms with E-state index in [-0.39, 0.29) is 11.9 Å². The van der Waals surface area contributed by atoms with Gasteiger partial charge in [-0.05, 0) is 37.5 Å². The molecule has 1 fully saturated rings. The number of ether oxygens (including phenoxy) is 1. The Labute approximate surface area is 108 Å². The maximum Gasteiger partial charge on any atom is 0.239 e. The van der Waals surface area contributed by atoms with Crippen LogP contribution in [-0.2, 0) is 4.79 Å². The first-order chi connectivity index (χ1) is 8.63. The highest BCUT2D eigenvalue weighted by Gasteiger charge is 2.31. The van der Waals surface area contributed by atoms with Crippen molar-refractivity contribution in [2.45, 2.75) is 31.8 Å². The molecule has 1 heterocycles. The molecule has 1 unspecified atom stereocenters. The third-order valence-electron chi connectivity index (χ3n) is 3.43. The fourth-order valence-electron chi connectivity index (χ4n) is 2.46. The van der Waals surface area contributed by atoms with E-state index in [0.717, 1.165) is 30.7 Å². The van der Waals surface area contributed by atoms with Crippen molar-refractivity contribution in [1.29, 1.82) is 0 Å². The van der Waals surface area contributed by atoms with Crippen molar-refractivity contribution in [3.05, 3.63) is 29.8 Å². The summed E-state index contributed by atoms with van der Waals surface area (Å²) < 4.78 is 5.14. The summed E-state index contributed by atoms with van der Waals surface area (Å²) in [5.41, 5.74) is 6.85. The smallest absolute Gasteiger partial charge is 0.239 e. The minimum Gasteiger partial charge on any atom is -0.497 e. The van der Waals surface area contributed by atoms with E-state index in [1.165, 1.54) is 0 Å². The van der Waals surface area contributed by atoms with Gasteiger partial charge in [-0.1, -0.05) is 12.1 Å². The van der Waals surface area contributed by atoms with Gasteiger partial charge in [0.25, 0.3) is 0 Å². The molecule has 0 spiro atoms. The second kappa shape index (κ2) is 5.40. The van der Waals surface area contributed by atoms with Crippen molar-refractivity contribution in [1.82, 2.24) is 4.90 Å². The monoisotopic (exact) mass is 248 g/mol. The third-order valence-corrected chi connectivity index (χ3v) is 3.43. The second-order valence-electron chi connectivity index (χ2n) is 4.75. The Morgan fingerprint density at radius 1 is 1.44 bits per heavy atom. The molecule has 0 aliphatic carbocycles. The molecule has 2 rings (SSSR count). The molecule has 98 valence electrons. The number of benzene rings is 1. The maximum absolute atomic E-state index is 12.0. The number of methoxy groups -OCH3 is 1. The van der Waals surface area contributed by atoms with Crippen molar-refractivity contribution in [3.63, 3.8) is 0 Å². The summed E-state index contributed by atoms with van der Waals surface area (Å²) in [7, 11) is 1.65. The van der Waals surface area contributed by atoms with Crippen molar-refractivity contribution in [2.24, 2.45) is 5.73 Å². The highest BCUT2D eigenvalue weighted by molar-refractivity contribution is 5.81. The number of carbonyl (C=O) groups is 1. The van der Waals surface area contributed by atoms with Gasteiger partial charge in [0.2, 0.25) is 5.91 Å². The van der Waals surface area contributed by atoms with Crippen LogP contribution in [0.15, 0.2) is 24.3 Å². The molecule has 1 aromatic rings. The van der Waals surface area contributed by atoms with Crippen LogP contribution in [0.25, 0.3) is 0 Å². The van der Waals surface area contributed by atoms with Crippen molar-refractivity contribution in [3.8, 4) is 5.75 Å². The van der Waals surface area contributed by atoms with Crippen molar-refractivity contribution < 1.29 is 9.53 Å². The molecule has 0 bridgehead atoms. The van der Waals surface area contributed by atoms with Crippen LogP contribution in [-0.4, -0.2) is 30.5 Å². The van der Waals surface area contributed by atoms with E-state index in [4.69, 9.17) is 10.5 Å². The summed E-state index contributed by atoms with van der Waals surface area (Å²) >= 11 is 0. The highest BCUT2D eigenvalue weighted by atomic mass is 16.5. The Morgan fingerprint density at radius 2 is 2.11 bits per heavy atom. The standard InChI is InChI=1S/C14H20N2O2/c1-10(15)14(17)16-9-3-4-13(16)11-5-7-12(18-2)8-6-11/h5-8,10,13H,3-4,9,15H2,1-2H3/t10-,13?/m0/s1. The van der Waals surface area contributed by atoms with Crippen LogP contribution in [0.2, 0.25) is 0 Å². The predicted molar refractivity (Wildman–Crippen MR) is 70.3 cm³/mol. The number of hydrogen-bond donors (Lipinski definition) is 1. The van der Waals surface area contributed by atoms with Gasteiger partial charge in [0, 0.05) is 6.54 Å². The van der Waals surface area contributed by atoms with Gasteiger partial charge in [0.05, 0.1) is 19.2 Å². The molecule has 1 aliphatic rings. The topological polar surface area (TPSA) is 55.6 Å². The third kappa shape index (κ3) is 2.48. The van der Waals surface area contributed by atoms with Gasteiger partial charge in [0.15, 0.2) is 0 Å². The Morgan fingerprint density at radius 3 is 2.67 bits per heavy atom. The number of carbonyl (C=O) groups excluding carboxylic acids is 1. The van der Waals surface area contributed by atoms with Gasteiger partial charge in [-0.15, -0.1) is 0 Å². The number of nitrogens with zero attached hydrogens (tertiary/aromatic N) is 1. The van der Waals surface area contributed by atoms with E-state index < -0.39 is 6.04 Å². The minimum absolute atomic E-state index is 0.0355. The average Bonchev–Trinajstić information content (AvgIpc) is 2.87. The molecule has 18 heavy (non-hydrogen) atoms. The fourth-order valence-corrected chi connectivity index (χ4v) is 2.46. The molecule has 4 nitrogen and oxygen atoms in total. The number of likely N-dealkylation sites (tertiary alicyclic amines) is 1. The number of rotatable bonds is 3. The summed E-state index contributed by atoms with van der Waals surface area (Å²) in [6, 6.07) is 7.65. The molecule has 0 aromatic heterocycles. The fraction of sp³-hybridized carbons (Fsp3) is 0.500. The van der Waals surface area contributed by atoms with Gasteiger partial charge < -0.3 is 15.4 Å². The van der Waals surface area contributed by atoms with E-state index in [1.807, 2.05) is 29.2 Å². The van der Waals surface area contributed by atoms with Gasteiger partial charge in [-0.2, -0.15) is 0 Å². The maximum atomic E-state index is 12.0. The zero-order chi connectivity index (χ0) is 13.1. The first kappa shape index (κ1) is 12.9. The SMILES string of the molecule is COc1ccc(C2CCCN2C(=O)[C@H](C)N)cc1. The predicted octanol–water partition coefficient (Wildman–Crippen LogP) is 1.71. The van der Waals surface area contributed by atoms with Crippen molar-refractivity contribution in [2.75, 3.05) is 13.7 Å². The molecule has 2 N–H and O–H groups in total. The molecule has 1 amide bonds. The lowest BCUT2D eigenvalue weighted by Gasteiger charge is -2.26. The molecule has 1 saturated heterocycles. The lowest BCUT2D eigenvalue weighted by Crippen LogP contribution is -2.41. The van der Waals surface area contributed by atoms with Gasteiger partial charge in [0.1, 0.15) is 5.75 Å². The molecule has 0 saturated carbocycles. The van der Waals surface area contributed by atoms with E-state index in [0.29, 0.717) is 0 Å². The quantitative estimate of drug-likeness (QED) is 0.886. The van der Waals surface area contributed by atoms with E-state index >= 15 is 0 Å². The normalized spacial score (nSPS) is 20.8. The van der Waals surface area contributed by atoms with Gasteiger partial charge >= 0.3 is 0 Å². The molecule has 0 radical (unpaired) electrons. The Kier molecular flexibility index (Phi) is 3.87. The first-order valence-electron chi connectivity index (χ1n) is 6.33. The zero-order valence-electron chi connectivity index (χ0n) is 10.9. The second-order valence-corrected chi connectivity index (χ2v) is 4.75. The first-order valence-corrected chi connectivity index (χ1v) is 6.33. The minimum atomic E-state index is -0.427. The van der Waals surface area contributed by atoms with Gasteiger partial charge in [-0.25, -0.2) is 0 Å². The van der Waals surface area contributed by atoms with Crippen LogP contribution in [0.1, 0.15) is 31.4 Å². The summed E-state index contributed by atoms with van der Waals surface area (Å²) in [5, 5.41) is 0. The van der Waals surface area contributed by atoms with Crippen LogP contribution in [0.3, 0.4) is 0 Å². The largest absolute Gasteiger partial charge is 0.497 e. The molecule has 1 aromatic carbocycles. The lowest BCUT2D eigenvalue weighted by atomic mass is 10.0. The highest BCUT2D eigenvalue weighted by Crippen LogP contribution is 2.32. The molecule has 1 aliphatic heterocycles.